The van der Waals surface area contributed by atoms with Gasteiger partial charge in [-0.25, -0.2) is 8.42 Å². The van der Waals surface area contributed by atoms with Crippen LogP contribution in [0.4, 0.5) is 0 Å². The molecule has 1 atom stereocenters. The highest BCUT2D eigenvalue weighted by molar-refractivity contribution is 7.92. The fourth-order valence-corrected chi connectivity index (χ4v) is 4.07. The quantitative estimate of drug-likeness (QED) is 0.836. The van der Waals surface area contributed by atoms with Crippen molar-refractivity contribution >= 4 is 9.84 Å². The third kappa shape index (κ3) is 2.61. The van der Waals surface area contributed by atoms with E-state index in [0.717, 1.165) is 19.5 Å². The van der Waals surface area contributed by atoms with E-state index in [1.54, 1.807) is 12.1 Å². The van der Waals surface area contributed by atoms with E-state index in [0.29, 0.717) is 12.8 Å². The number of phenols is 1. The molecule has 2 N–H and O–H groups in total. The molecule has 0 radical (unpaired) electrons. The number of nitrogens with one attached hydrogen (secondary N) is 1. The Balaban J connectivity index is 2.32. The van der Waals surface area contributed by atoms with Crippen LogP contribution in [-0.2, 0) is 9.84 Å². The van der Waals surface area contributed by atoms with E-state index in [9.17, 15) is 13.5 Å². The standard InChI is InChI=1S/C12H17NO3S/c14-11-5-1-2-6-12(11)17(15,16)10-4-3-8-13-9-7-10/h1-2,5-6,10,13-14H,3-4,7-9H2. The predicted molar refractivity (Wildman–Crippen MR) is 65.8 cm³/mol. The highest BCUT2D eigenvalue weighted by Crippen LogP contribution is 2.29. The Morgan fingerprint density at radius 1 is 1.18 bits per heavy atom. The molecule has 2 rings (SSSR count). The minimum Gasteiger partial charge on any atom is -0.507 e. The molecule has 1 fully saturated rings. The zero-order valence-corrected chi connectivity index (χ0v) is 10.4. The summed E-state index contributed by atoms with van der Waals surface area (Å²) >= 11 is 0. The molecule has 1 heterocycles. The monoisotopic (exact) mass is 255 g/mol. The Morgan fingerprint density at radius 3 is 2.71 bits per heavy atom. The number of sulfone groups is 1. The molecule has 94 valence electrons. The van der Waals surface area contributed by atoms with Crippen LogP contribution in [0.3, 0.4) is 0 Å². The lowest BCUT2D eigenvalue weighted by molar-refractivity contribution is 0.457. The van der Waals surface area contributed by atoms with Gasteiger partial charge in [0, 0.05) is 0 Å². The first-order valence-electron chi connectivity index (χ1n) is 5.85. The number of para-hydroxylation sites is 1. The zero-order chi connectivity index (χ0) is 12.3. The molecule has 0 aromatic heterocycles. The molecule has 1 aliphatic heterocycles. The number of phenolic OH excluding ortho intramolecular Hbond substituents is 1. The van der Waals surface area contributed by atoms with E-state index in [-0.39, 0.29) is 15.9 Å². The fraction of sp³-hybridized carbons (Fsp3) is 0.500. The van der Waals surface area contributed by atoms with E-state index in [1.165, 1.54) is 12.1 Å². The number of hydrogen-bond donors (Lipinski definition) is 2. The maximum atomic E-state index is 12.4. The van der Waals surface area contributed by atoms with Gasteiger partial charge in [-0.2, -0.15) is 0 Å². The van der Waals surface area contributed by atoms with Crippen molar-refractivity contribution < 1.29 is 13.5 Å². The molecule has 4 nitrogen and oxygen atoms in total. The van der Waals surface area contributed by atoms with E-state index in [1.807, 2.05) is 0 Å². The number of benzene rings is 1. The van der Waals surface area contributed by atoms with Crippen molar-refractivity contribution in [3.8, 4) is 5.75 Å². The number of aromatic hydroxyl groups is 1. The van der Waals surface area contributed by atoms with Crippen molar-refractivity contribution in [2.24, 2.45) is 0 Å². The molecule has 1 saturated heterocycles. The Labute approximate surface area is 102 Å². The Morgan fingerprint density at radius 2 is 1.94 bits per heavy atom. The van der Waals surface area contributed by atoms with Gasteiger partial charge in [0.2, 0.25) is 0 Å². The first kappa shape index (κ1) is 12.4. The molecule has 5 heteroatoms. The smallest absolute Gasteiger partial charge is 0.184 e. The van der Waals surface area contributed by atoms with Crippen LogP contribution in [0, 0.1) is 0 Å². The van der Waals surface area contributed by atoms with Crippen molar-refractivity contribution in [2.45, 2.75) is 29.4 Å². The second-order valence-corrected chi connectivity index (χ2v) is 6.51. The molecule has 1 aromatic carbocycles. The minimum absolute atomic E-state index is 0.0619. The molecule has 0 aliphatic carbocycles. The third-order valence-corrected chi connectivity index (χ3v) is 5.44. The highest BCUT2D eigenvalue weighted by atomic mass is 32.2. The minimum atomic E-state index is -3.41. The van der Waals surface area contributed by atoms with Gasteiger partial charge in [-0.1, -0.05) is 12.1 Å². The van der Waals surface area contributed by atoms with Gasteiger partial charge in [-0.15, -0.1) is 0 Å². The molecule has 0 spiro atoms. The zero-order valence-electron chi connectivity index (χ0n) is 9.59. The average molecular weight is 255 g/mol. The van der Waals surface area contributed by atoms with Crippen LogP contribution in [0.1, 0.15) is 19.3 Å². The third-order valence-electron chi connectivity index (χ3n) is 3.13. The predicted octanol–water partition coefficient (Wildman–Crippen LogP) is 1.31. The summed E-state index contributed by atoms with van der Waals surface area (Å²) in [6.07, 6.45) is 2.12. The summed E-state index contributed by atoms with van der Waals surface area (Å²) in [4.78, 5) is 0.0619. The molecule has 1 aromatic rings. The van der Waals surface area contributed by atoms with Crippen molar-refractivity contribution in [3.05, 3.63) is 24.3 Å². The summed E-state index contributed by atoms with van der Waals surface area (Å²) in [5.74, 6) is -0.148. The molecule has 0 amide bonds. The van der Waals surface area contributed by atoms with Gasteiger partial charge in [0.05, 0.1) is 5.25 Å². The first-order chi connectivity index (χ1) is 8.12. The Bertz CT molecular complexity index is 476. The summed E-state index contributed by atoms with van der Waals surface area (Å²) in [7, 11) is -3.41. The summed E-state index contributed by atoms with van der Waals surface area (Å²) in [5.41, 5.74) is 0. The molecule has 0 bridgehead atoms. The van der Waals surface area contributed by atoms with E-state index in [4.69, 9.17) is 0 Å². The molecule has 17 heavy (non-hydrogen) atoms. The van der Waals surface area contributed by atoms with Crippen LogP contribution in [0.5, 0.6) is 5.75 Å². The lowest BCUT2D eigenvalue weighted by Gasteiger charge is -2.15. The lowest BCUT2D eigenvalue weighted by atomic mass is 10.2. The largest absolute Gasteiger partial charge is 0.507 e. The van der Waals surface area contributed by atoms with Gasteiger partial charge >= 0.3 is 0 Å². The summed E-state index contributed by atoms with van der Waals surface area (Å²) < 4.78 is 24.7. The van der Waals surface area contributed by atoms with Gasteiger partial charge in [-0.05, 0) is 44.5 Å². The summed E-state index contributed by atoms with van der Waals surface area (Å²) in [5, 5.41) is 12.5. The molecule has 1 unspecified atom stereocenters. The summed E-state index contributed by atoms with van der Waals surface area (Å²) in [6.45, 7) is 1.59. The van der Waals surface area contributed by atoms with Gasteiger partial charge in [-0.3, -0.25) is 0 Å². The lowest BCUT2D eigenvalue weighted by Crippen LogP contribution is -2.23. The van der Waals surface area contributed by atoms with Crippen LogP contribution >= 0.6 is 0 Å². The number of rotatable bonds is 2. The van der Waals surface area contributed by atoms with E-state index >= 15 is 0 Å². The van der Waals surface area contributed by atoms with Gasteiger partial charge < -0.3 is 10.4 Å². The second-order valence-electron chi connectivity index (χ2n) is 4.32. The Kier molecular flexibility index (Phi) is 3.69. The Hall–Kier alpha value is -1.07. The van der Waals surface area contributed by atoms with Crippen molar-refractivity contribution in [3.63, 3.8) is 0 Å². The van der Waals surface area contributed by atoms with Crippen molar-refractivity contribution in [1.29, 1.82) is 0 Å². The SMILES string of the molecule is O=S(=O)(c1ccccc1O)C1CCCNCC1. The van der Waals surface area contributed by atoms with Crippen LogP contribution in [-0.4, -0.2) is 31.9 Å². The number of hydrogen-bond acceptors (Lipinski definition) is 4. The van der Waals surface area contributed by atoms with Crippen LogP contribution in [0.15, 0.2) is 29.2 Å². The normalized spacial score (nSPS) is 22.0. The topological polar surface area (TPSA) is 66.4 Å². The van der Waals surface area contributed by atoms with Crippen molar-refractivity contribution in [1.82, 2.24) is 5.32 Å². The summed E-state index contributed by atoms with van der Waals surface area (Å²) in [6, 6.07) is 6.16. The van der Waals surface area contributed by atoms with Gasteiger partial charge in [0.25, 0.3) is 0 Å². The molecule has 0 saturated carbocycles. The average Bonchev–Trinajstić information content (AvgIpc) is 2.58. The highest BCUT2D eigenvalue weighted by Gasteiger charge is 2.29. The van der Waals surface area contributed by atoms with Gasteiger partial charge in [0.15, 0.2) is 9.84 Å². The molecular formula is C12H17NO3S. The maximum absolute atomic E-state index is 12.4. The maximum Gasteiger partial charge on any atom is 0.184 e. The fourth-order valence-electron chi connectivity index (χ4n) is 2.17. The van der Waals surface area contributed by atoms with Crippen LogP contribution < -0.4 is 5.32 Å². The van der Waals surface area contributed by atoms with Crippen LogP contribution in [0.2, 0.25) is 0 Å². The van der Waals surface area contributed by atoms with Crippen molar-refractivity contribution in [2.75, 3.05) is 13.1 Å². The van der Waals surface area contributed by atoms with E-state index < -0.39 is 9.84 Å². The van der Waals surface area contributed by atoms with E-state index in [2.05, 4.69) is 5.32 Å². The second kappa shape index (κ2) is 5.06. The molecule has 1 aliphatic rings. The molecular weight excluding hydrogens is 238 g/mol. The van der Waals surface area contributed by atoms with Crippen LogP contribution in [0.25, 0.3) is 0 Å². The van der Waals surface area contributed by atoms with Gasteiger partial charge in [0.1, 0.15) is 10.6 Å². The first-order valence-corrected chi connectivity index (χ1v) is 7.39.